The van der Waals surface area contributed by atoms with Crippen molar-refractivity contribution in [1.82, 2.24) is 14.4 Å². The number of rotatable bonds is 4. The van der Waals surface area contributed by atoms with E-state index in [0.717, 1.165) is 10.6 Å². The zero-order valence-electron chi connectivity index (χ0n) is 14.1. The van der Waals surface area contributed by atoms with Gasteiger partial charge in [-0.2, -0.15) is 0 Å². The molecule has 3 amide bonds. The fourth-order valence-corrected chi connectivity index (χ4v) is 3.10. The Morgan fingerprint density at radius 2 is 2.08 bits per heavy atom. The number of fused-ring (bicyclic) bond motifs is 3. The van der Waals surface area contributed by atoms with Crippen molar-refractivity contribution in [1.29, 1.82) is 0 Å². The highest BCUT2D eigenvalue weighted by atomic mass is 16.5. The van der Waals surface area contributed by atoms with Crippen LogP contribution < -0.4 is 4.57 Å². The lowest BCUT2D eigenvalue weighted by Gasteiger charge is -2.32. The molecule has 0 radical (unpaired) electrons. The third-order valence-electron chi connectivity index (χ3n) is 4.23. The molecule has 1 aromatic heterocycles. The van der Waals surface area contributed by atoms with E-state index in [9.17, 15) is 14.4 Å². The maximum absolute atomic E-state index is 12.8. The minimum atomic E-state index is -0.733. The van der Waals surface area contributed by atoms with Crippen LogP contribution in [0.2, 0.25) is 0 Å². The molecule has 0 aromatic carbocycles. The summed E-state index contributed by atoms with van der Waals surface area (Å²) in [5, 5.41) is 0. The molecular formula is C15H20N5O4+. The molecule has 0 N–H and O–H groups in total. The molecule has 2 aliphatic heterocycles. The maximum atomic E-state index is 12.8. The van der Waals surface area contributed by atoms with Gasteiger partial charge in [-0.05, 0) is 20.8 Å². The first-order chi connectivity index (χ1) is 11.4. The van der Waals surface area contributed by atoms with Gasteiger partial charge in [0.15, 0.2) is 0 Å². The average molecular weight is 334 g/mol. The van der Waals surface area contributed by atoms with Gasteiger partial charge in [-0.25, -0.2) is 18.8 Å². The second kappa shape index (κ2) is 5.73. The number of aromatic nitrogens is 2. The van der Waals surface area contributed by atoms with E-state index in [-0.39, 0.29) is 6.61 Å². The van der Waals surface area contributed by atoms with Gasteiger partial charge in [-0.3, -0.25) is 14.5 Å². The summed E-state index contributed by atoms with van der Waals surface area (Å²) in [5.41, 5.74) is 0.972. The zero-order valence-corrected chi connectivity index (χ0v) is 14.1. The third-order valence-corrected chi connectivity index (χ3v) is 4.23. The van der Waals surface area contributed by atoms with Gasteiger partial charge in [0.05, 0.1) is 13.2 Å². The molecular weight excluding hydrogens is 314 g/mol. The first kappa shape index (κ1) is 16.2. The lowest BCUT2D eigenvalue weighted by Crippen LogP contribution is -2.63. The Hall–Kier alpha value is -2.71. The zero-order chi connectivity index (χ0) is 17.6. The molecule has 0 aliphatic carbocycles. The minimum Gasteiger partial charge on any atom is -0.465 e. The smallest absolute Gasteiger partial charge is 0.401 e. The second-order valence-electron chi connectivity index (χ2n) is 5.67. The molecule has 0 spiro atoms. The fourth-order valence-electron chi connectivity index (χ4n) is 3.10. The number of hydrogen-bond donors (Lipinski definition) is 0. The van der Waals surface area contributed by atoms with Gasteiger partial charge in [0.25, 0.3) is 5.91 Å². The van der Waals surface area contributed by atoms with Crippen molar-refractivity contribution in [3.05, 3.63) is 11.9 Å². The highest BCUT2D eigenvalue weighted by molar-refractivity contribution is 6.19. The number of ether oxygens (including phenoxy) is 1. The van der Waals surface area contributed by atoms with E-state index in [1.807, 2.05) is 24.6 Å². The van der Waals surface area contributed by atoms with Gasteiger partial charge in [-0.1, -0.05) is 4.99 Å². The van der Waals surface area contributed by atoms with Crippen molar-refractivity contribution in [2.75, 3.05) is 20.2 Å². The number of amidine groups is 1. The summed E-state index contributed by atoms with van der Waals surface area (Å²) in [6.07, 6.45) is 1.84. The van der Waals surface area contributed by atoms with E-state index in [0.29, 0.717) is 18.3 Å². The molecule has 1 unspecified atom stereocenters. The summed E-state index contributed by atoms with van der Waals surface area (Å²) in [7, 11) is 1.55. The van der Waals surface area contributed by atoms with Gasteiger partial charge in [0.2, 0.25) is 11.9 Å². The van der Waals surface area contributed by atoms with E-state index in [4.69, 9.17) is 4.74 Å². The molecule has 0 bridgehead atoms. The number of carbonyl (C=O) groups is 3. The van der Waals surface area contributed by atoms with Gasteiger partial charge < -0.3 is 4.74 Å². The Bertz CT molecular complexity index is 766. The van der Waals surface area contributed by atoms with Crippen LogP contribution in [0.1, 0.15) is 25.6 Å². The summed E-state index contributed by atoms with van der Waals surface area (Å²) in [5.74, 6) is -0.0799. The molecule has 0 saturated carbocycles. The number of hydrogen-bond acceptors (Lipinski definition) is 5. The Kier molecular flexibility index (Phi) is 3.86. The molecule has 24 heavy (non-hydrogen) atoms. The molecule has 128 valence electrons. The number of aryl methyl sites for hydroxylation is 1. The third kappa shape index (κ3) is 2.19. The standard InChI is InChI=1S/C15H20N5O4/c1-5-18-9(3)7-19-11-12(16-14(18)19)17(4)15(23)20(13(11)22)8-10(21)24-6-2/h7,11H,5-6,8H2,1-4H3/q+1. The number of nitrogens with zero attached hydrogens (tertiary/aromatic N) is 5. The SMILES string of the molecule is CCOC(=O)CN1C(=O)C2C(=Nc3n(CC)c(C)c[n+]32)N(C)C1=O. The first-order valence-electron chi connectivity index (χ1n) is 7.85. The number of carbonyl (C=O) groups excluding carboxylic acids is 3. The van der Waals surface area contributed by atoms with E-state index < -0.39 is 30.5 Å². The topological polar surface area (TPSA) is 88.1 Å². The Balaban J connectivity index is 1.99. The van der Waals surface area contributed by atoms with Crippen LogP contribution in [0.3, 0.4) is 0 Å². The first-order valence-corrected chi connectivity index (χ1v) is 7.85. The highest BCUT2D eigenvalue weighted by Gasteiger charge is 2.53. The molecule has 1 atom stereocenters. The maximum Gasteiger partial charge on any atom is 0.401 e. The number of imide groups is 1. The van der Waals surface area contributed by atoms with E-state index >= 15 is 0 Å². The number of amides is 3. The van der Waals surface area contributed by atoms with Crippen LogP contribution in [0.4, 0.5) is 10.7 Å². The summed E-state index contributed by atoms with van der Waals surface area (Å²) >= 11 is 0. The highest BCUT2D eigenvalue weighted by Crippen LogP contribution is 2.28. The predicted octanol–water partition coefficient (Wildman–Crippen LogP) is 0.146. The summed E-state index contributed by atoms with van der Waals surface area (Å²) in [6.45, 7) is 6.09. The van der Waals surface area contributed by atoms with Gasteiger partial charge >= 0.3 is 17.9 Å². The monoisotopic (exact) mass is 334 g/mol. The van der Waals surface area contributed by atoms with Gasteiger partial charge in [0.1, 0.15) is 18.4 Å². The minimum absolute atomic E-state index is 0.193. The molecule has 3 rings (SSSR count). The van der Waals surface area contributed by atoms with E-state index in [2.05, 4.69) is 4.99 Å². The molecule has 2 aliphatic rings. The number of likely N-dealkylation sites (N-methyl/N-ethyl adjacent to an activating group) is 1. The Morgan fingerprint density at radius 3 is 2.71 bits per heavy atom. The van der Waals surface area contributed by atoms with Crippen LogP contribution in [0.5, 0.6) is 0 Å². The van der Waals surface area contributed by atoms with Crippen molar-refractivity contribution in [2.24, 2.45) is 4.99 Å². The summed E-state index contributed by atoms with van der Waals surface area (Å²) < 4.78 is 8.57. The molecule has 9 nitrogen and oxygen atoms in total. The molecule has 3 heterocycles. The van der Waals surface area contributed by atoms with Crippen molar-refractivity contribution in [3.63, 3.8) is 0 Å². The van der Waals surface area contributed by atoms with Gasteiger partial charge in [0, 0.05) is 7.05 Å². The van der Waals surface area contributed by atoms with Crippen LogP contribution in [0, 0.1) is 6.92 Å². The normalized spacial score (nSPS) is 19.3. The number of imidazole rings is 1. The van der Waals surface area contributed by atoms with Crippen LogP contribution in [0.25, 0.3) is 0 Å². The summed E-state index contributed by atoms with van der Waals surface area (Å²) in [6, 6.07) is -1.31. The van der Waals surface area contributed by atoms with Crippen molar-refractivity contribution in [2.45, 2.75) is 33.4 Å². The molecule has 1 fully saturated rings. The van der Waals surface area contributed by atoms with Crippen molar-refractivity contribution in [3.8, 4) is 0 Å². The number of urea groups is 1. The van der Waals surface area contributed by atoms with Crippen molar-refractivity contribution < 1.29 is 23.7 Å². The average Bonchev–Trinajstić information content (AvgIpc) is 3.04. The van der Waals surface area contributed by atoms with Crippen molar-refractivity contribution >= 4 is 29.7 Å². The molecule has 1 aromatic rings. The van der Waals surface area contributed by atoms with Crippen LogP contribution in [0.15, 0.2) is 11.2 Å². The number of esters is 1. The fraction of sp³-hybridized carbons (Fsp3) is 0.533. The lowest BCUT2D eigenvalue weighted by molar-refractivity contribution is -0.677. The van der Waals surface area contributed by atoms with Crippen LogP contribution >= 0.6 is 0 Å². The largest absolute Gasteiger partial charge is 0.465 e. The quantitative estimate of drug-likeness (QED) is 0.579. The molecule has 9 heteroatoms. The Morgan fingerprint density at radius 1 is 1.38 bits per heavy atom. The van der Waals surface area contributed by atoms with Crippen LogP contribution in [-0.2, 0) is 20.9 Å². The summed E-state index contributed by atoms with van der Waals surface area (Å²) in [4.78, 5) is 43.7. The van der Waals surface area contributed by atoms with E-state index in [1.54, 1.807) is 18.5 Å². The Labute approximate surface area is 139 Å². The van der Waals surface area contributed by atoms with Gasteiger partial charge in [-0.15, -0.1) is 0 Å². The predicted molar refractivity (Wildman–Crippen MR) is 82.7 cm³/mol. The lowest BCUT2D eigenvalue weighted by atomic mass is 10.1. The van der Waals surface area contributed by atoms with Crippen LogP contribution in [-0.4, -0.2) is 58.3 Å². The van der Waals surface area contributed by atoms with E-state index in [1.165, 1.54) is 4.90 Å². The number of aliphatic imine (C=N–C) groups is 1. The second-order valence-corrected chi connectivity index (χ2v) is 5.67. The molecule has 1 saturated heterocycles.